The lowest BCUT2D eigenvalue weighted by Crippen LogP contribution is -2.47. The second kappa shape index (κ2) is 8.00. The SMILES string of the molecule is CN1CCC(CC(=O)N2CCC(NC(=O)c3cc(C4CC4)on3)CC2)CC1. The highest BCUT2D eigenvalue weighted by atomic mass is 16.5. The first-order valence-electron chi connectivity index (χ1n) is 10.3. The number of likely N-dealkylation sites (tertiary alicyclic amines) is 2. The van der Waals surface area contributed by atoms with Gasteiger partial charge in [0, 0.05) is 37.5 Å². The quantitative estimate of drug-likeness (QED) is 0.853. The molecule has 148 valence electrons. The maximum atomic E-state index is 12.6. The zero-order valence-corrected chi connectivity index (χ0v) is 16.2. The predicted molar refractivity (Wildman–Crippen MR) is 100 cm³/mol. The number of amides is 2. The molecule has 1 aliphatic carbocycles. The molecule has 0 radical (unpaired) electrons. The van der Waals surface area contributed by atoms with Crippen molar-refractivity contribution in [2.24, 2.45) is 5.92 Å². The topological polar surface area (TPSA) is 78.7 Å². The minimum absolute atomic E-state index is 0.103. The van der Waals surface area contributed by atoms with E-state index in [-0.39, 0.29) is 17.9 Å². The molecule has 1 aromatic heterocycles. The van der Waals surface area contributed by atoms with Gasteiger partial charge < -0.3 is 19.6 Å². The van der Waals surface area contributed by atoms with Crippen LogP contribution in [0.25, 0.3) is 0 Å². The number of rotatable bonds is 5. The Labute approximate surface area is 160 Å². The summed E-state index contributed by atoms with van der Waals surface area (Å²) in [4.78, 5) is 29.2. The summed E-state index contributed by atoms with van der Waals surface area (Å²) in [7, 11) is 2.14. The highest BCUT2D eigenvalue weighted by Gasteiger charge is 2.30. The molecule has 7 nitrogen and oxygen atoms in total. The molecule has 4 rings (SSSR count). The third-order valence-electron chi connectivity index (χ3n) is 6.23. The fourth-order valence-corrected chi connectivity index (χ4v) is 4.13. The molecular formula is C20H30N4O3. The third-order valence-corrected chi connectivity index (χ3v) is 6.23. The van der Waals surface area contributed by atoms with Gasteiger partial charge in [0.15, 0.2) is 5.69 Å². The summed E-state index contributed by atoms with van der Waals surface area (Å²) in [5, 5.41) is 6.95. The van der Waals surface area contributed by atoms with Gasteiger partial charge in [-0.2, -0.15) is 0 Å². The van der Waals surface area contributed by atoms with Gasteiger partial charge in [-0.1, -0.05) is 5.16 Å². The van der Waals surface area contributed by atoms with Crippen LogP contribution in [0.15, 0.2) is 10.6 Å². The Kier molecular flexibility index (Phi) is 5.48. The van der Waals surface area contributed by atoms with Gasteiger partial charge in [-0.3, -0.25) is 9.59 Å². The molecule has 0 spiro atoms. The Bertz CT molecular complexity index is 669. The zero-order chi connectivity index (χ0) is 18.8. The molecule has 2 amide bonds. The van der Waals surface area contributed by atoms with Crippen molar-refractivity contribution < 1.29 is 14.1 Å². The number of piperidine rings is 2. The summed E-state index contributed by atoms with van der Waals surface area (Å²) in [6.45, 7) is 3.64. The number of nitrogens with zero attached hydrogens (tertiary/aromatic N) is 3. The van der Waals surface area contributed by atoms with E-state index in [0.717, 1.165) is 70.5 Å². The van der Waals surface area contributed by atoms with Crippen LogP contribution >= 0.6 is 0 Å². The van der Waals surface area contributed by atoms with Crippen LogP contribution in [-0.2, 0) is 4.79 Å². The van der Waals surface area contributed by atoms with Gasteiger partial charge in [-0.05, 0) is 64.6 Å². The van der Waals surface area contributed by atoms with Crippen molar-refractivity contribution >= 4 is 11.8 Å². The van der Waals surface area contributed by atoms with E-state index >= 15 is 0 Å². The first kappa shape index (κ1) is 18.5. The summed E-state index contributed by atoms with van der Waals surface area (Å²) < 4.78 is 5.26. The fraction of sp³-hybridized carbons (Fsp3) is 0.750. The molecule has 1 saturated carbocycles. The second-order valence-electron chi connectivity index (χ2n) is 8.47. The van der Waals surface area contributed by atoms with E-state index in [0.29, 0.717) is 24.0 Å². The Morgan fingerprint density at radius 1 is 1.11 bits per heavy atom. The first-order chi connectivity index (χ1) is 13.1. The molecule has 3 fully saturated rings. The van der Waals surface area contributed by atoms with Crippen molar-refractivity contribution in [3.05, 3.63) is 17.5 Å². The van der Waals surface area contributed by atoms with Crippen molar-refractivity contribution in [3.8, 4) is 0 Å². The number of hydrogen-bond donors (Lipinski definition) is 1. The van der Waals surface area contributed by atoms with Gasteiger partial charge in [0.05, 0.1) is 0 Å². The molecule has 27 heavy (non-hydrogen) atoms. The van der Waals surface area contributed by atoms with Crippen molar-refractivity contribution in [3.63, 3.8) is 0 Å². The Morgan fingerprint density at radius 2 is 1.81 bits per heavy atom. The van der Waals surface area contributed by atoms with E-state index in [9.17, 15) is 9.59 Å². The maximum absolute atomic E-state index is 12.6. The van der Waals surface area contributed by atoms with Crippen LogP contribution in [0.1, 0.15) is 67.1 Å². The van der Waals surface area contributed by atoms with Crippen LogP contribution in [-0.4, -0.2) is 66.0 Å². The average Bonchev–Trinajstić information content (AvgIpc) is 3.40. The van der Waals surface area contributed by atoms with E-state index in [1.807, 2.05) is 4.90 Å². The molecule has 0 bridgehead atoms. The van der Waals surface area contributed by atoms with Crippen LogP contribution in [0.4, 0.5) is 0 Å². The van der Waals surface area contributed by atoms with E-state index in [1.165, 1.54) is 0 Å². The summed E-state index contributed by atoms with van der Waals surface area (Å²) in [5.41, 5.74) is 0.373. The average molecular weight is 374 g/mol. The lowest BCUT2D eigenvalue weighted by molar-refractivity contribution is -0.133. The minimum Gasteiger partial charge on any atom is -0.360 e. The number of carbonyl (C=O) groups is 2. The molecule has 0 aromatic carbocycles. The molecular weight excluding hydrogens is 344 g/mol. The van der Waals surface area contributed by atoms with Crippen LogP contribution < -0.4 is 5.32 Å². The second-order valence-corrected chi connectivity index (χ2v) is 8.47. The Hall–Kier alpha value is -1.89. The lowest BCUT2D eigenvalue weighted by atomic mass is 9.92. The molecule has 1 N–H and O–H groups in total. The normalized spacial score (nSPS) is 22.8. The van der Waals surface area contributed by atoms with Gasteiger partial charge in [0.25, 0.3) is 5.91 Å². The molecule has 2 saturated heterocycles. The van der Waals surface area contributed by atoms with E-state index in [2.05, 4.69) is 22.4 Å². The molecule has 0 unspecified atom stereocenters. The number of carbonyl (C=O) groups excluding carboxylic acids is 2. The standard InChI is InChI=1S/C20H30N4O3/c1-23-8-4-14(5-9-23)12-19(25)24-10-6-16(7-11-24)21-20(26)17-13-18(27-22-17)15-2-3-15/h13-16H,2-12H2,1H3,(H,21,26). The number of hydrogen-bond acceptors (Lipinski definition) is 5. The predicted octanol–water partition coefficient (Wildman–Crippen LogP) is 2.00. The fourth-order valence-electron chi connectivity index (χ4n) is 4.13. The van der Waals surface area contributed by atoms with Gasteiger partial charge in [-0.15, -0.1) is 0 Å². The van der Waals surface area contributed by atoms with Crippen LogP contribution in [0.3, 0.4) is 0 Å². The summed E-state index contributed by atoms with van der Waals surface area (Å²) in [5.74, 6) is 1.92. The van der Waals surface area contributed by atoms with Crippen molar-refractivity contribution in [2.45, 2.75) is 56.9 Å². The lowest BCUT2D eigenvalue weighted by Gasteiger charge is -2.34. The number of aromatic nitrogens is 1. The first-order valence-corrected chi connectivity index (χ1v) is 10.3. The van der Waals surface area contributed by atoms with Gasteiger partial charge >= 0.3 is 0 Å². The van der Waals surface area contributed by atoms with Crippen molar-refractivity contribution in [2.75, 3.05) is 33.2 Å². The highest BCUT2D eigenvalue weighted by molar-refractivity contribution is 5.92. The van der Waals surface area contributed by atoms with Gasteiger partial charge in [0.2, 0.25) is 5.91 Å². The Morgan fingerprint density at radius 3 is 2.48 bits per heavy atom. The van der Waals surface area contributed by atoms with Crippen molar-refractivity contribution in [1.82, 2.24) is 20.3 Å². The largest absolute Gasteiger partial charge is 0.360 e. The van der Waals surface area contributed by atoms with Gasteiger partial charge in [-0.25, -0.2) is 0 Å². The van der Waals surface area contributed by atoms with E-state index in [4.69, 9.17) is 4.52 Å². The molecule has 7 heteroatoms. The molecule has 1 aromatic rings. The van der Waals surface area contributed by atoms with E-state index < -0.39 is 0 Å². The monoisotopic (exact) mass is 374 g/mol. The van der Waals surface area contributed by atoms with Crippen LogP contribution in [0, 0.1) is 5.92 Å². The molecule has 0 atom stereocenters. The summed E-state index contributed by atoms with van der Waals surface area (Å²) in [6.07, 6.45) is 6.77. The smallest absolute Gasteiger partial charge is 0.273 e. The Balaban J connectivity index is 1.20. The molecule has 3 aliphatic rings. The zero-order valence-electron chi connectivity index (χ0n) is 16.2. The summed E-state index contributed by atoms with van der Waals surface area (Å²) >= 11 is 0. The minimum atomic E-state index is -0.165. The van der Waals surface area contributed by atoms with Gasteiger partial charge in [0.1, 0.15) is 5.76 Å². The third kappa shape index (κ3) is 4.69. The number of nitrogens with one attached hydrogen (secondary N) is 1. The van der Waals surface area contributed by atoms with E-state index in [1.54, 1.807) is 6.07 Å². The molecule has 3 heterocycles. The molecule has 2 aliphatic heterocycles. The summed E-state index contributed by atoms with van der Waals surface area (Å²) in [6, 6.07) is 1.87. The van der Waals surface area contributed by atoms with Crippen LogP contribution in [0.2, 0.25) is 0 Å². The maximum Gasteiger partial charge on any atom is 0.273 e. The van der Waals surface area contributed by atoms with Crippen LogP contribution in [0.5, 0.6) is 0 Å². The highest BCUT2D eigenvalue weighted by Crippen LogP contribution is 2.40. The van der Waals surface area contributed by atoms with Crippen molar-refractivity contribution in [1.29, 1.82) is 0 Å².